The van der Waals surface area contributed by atoms with E-state index in [1.165, 1.54) is 33.7 Å². The summed E-state index contributed by atoms with van der Waals surface area (Å²) in [4.78, 5) is 33.2. The fourth-order valence-electron chi connectivity index (χ4n) is 3.99. The van der Waals surface area contributed by atoms with Crippen LogP contribution in [0.5, 0.6) is 5.75 Å². The highest BCUT2D eigenvalue weighted by Crippen LogP contribution is 2.29. The Hall–Kier alpha value is -4.00. The van der Waals surface area contributed by atoms with Crippen LogP contribution in [-0.4, -0.2) is 34.5 Å². The van der Waals surface area contributed by atoms with Crippen molar-refractivity contribution in [3.8, 4) is 11.4 Å². The summed E-state index contributed by atoms with van der Waals surface area (Å²) < 4.78 is 20.4. The Morgan fingerprint density at radius 3 is 2.42 bits per heavy atom. The average molecular weight is 445 g/mol. The average Bonchev–Trinajstić information content (AvgIpc) is 2.84. The first-order valence-corrected chi connectivity index (χ1v) is 10.6. The molecule has 3 aromatic carbocycles. The number of para-hydroxylation sites is 3. The van der Waals surface area contributed by atoms with Crippen molar-refractivity contribution in [1.82, 2.24) is 14.5 Å². The Kier molecular flexibility index (Phi) is 6.22. The van der Waals surface area contributed by atoms with Crippen LogP contribution >= 0.6 is 0 Å². The van der Waals surface area contributed by atoms with E-state index < -0.39 is 11.9 Å². The molecule has 6 nitrogen and oxygen atoms in total. The molecule has 0 N–H and O–H groups in total. The maximum atomic E-state index is 13.7. The Balaban J connectivity index is 1.93. The maximum absolute atomic E-state index is 13.7. The highest BCUT2D eigenvalue weighted by molar-refractivity contribution is 5.94. The number of fused-ring (bicyclic) bond motifs is 1. The van der Waals surface area contributed by atoms with Gasteiger partial charge < -0.3 is 9.64 Å². The first-order valence-electron chi connectivity index (χ1n) is 10.6. The molecule has 0 saturated heterocycles. The van der Waals surface area contributed by atoms with E-state index in [9.17, 15) is 14.0 Å². The summed E-state index contributed by atoms with van der Waals surface area (Å²) in [5.41, 5.74) is 1.19. The molecule has 4 rings (SSSR count). The summed E-state index contributed by atoms with van der Waals surface area (Å²) in [6.07, 6.45) is 0.503. The van der Waals surface area contributed by atoms with Gasteiger partial charge in [-0.3, -0.25) is 14.2 Å². The second-order valence-electron chi connectivity index (χ2n) is 7.65. The normalized spacial score (nSPS) is 11.9. The molecule has 1 aromatic heterocycles. The number of benzene rings is 3. The van der Waals surface area contributed by atoms with Crippen LogP contribution in [0, 0.1) is 5.82 Å². The van der Waals surface area contributed by atoms with Crippen molar-refractivity contribution >= 4 is 16.8 Å². The Labute approximate surface area is 190 Å². The maximum Gasteiger partial charge on any atom is 0.266 e. The highest BCUT2D eigenvalue weighted by Gasteiger charge is 2.28. The number of amides is 1. The van der Waals surface area contributed by atoms with Crippen LogP contribution in [0.1, 0.15) is 35.6 Å². The minimum absolute atomic E-state index is 0.249. The number of halogens is 1. The fourth-order valence-corrected chi connectivity index (χ4v) is 3.99. The molecule has 1 heterocycles. The topological polar surface area (TPSA) is 64.4 Å². The lowest BCUT2D eigenvalue weighted by atomic mass is 10.1. The van der Waals surface area contributed by atoms with Gasteiger partial charge in [0.25, 0.3) is 11.5 Å². The molecule has 0 aliphatic heterocycles. The van der Waals surface area contributed by atoms with Crippen LogP contribution in [0.3, 0.4) is 0 Å². The summed E-state index contributed by atoms with van der Waals surface area (Å²) in [7, 11) is 3.20. The summed E-state index contributed by atoms with van der Waals surface area (Å²) >= 11 is 0. The van der Waals surface area contributed by atoms with Gasteiger partial charge in [0.05, 0.1) is 29.7 Å². The Morgan fingerprint density at radius 2 is 1.73 bits per heavy atom. The van der Waals surface area contributed by atoms with Crippen molar-refractivity contribution in [2.75, 3.05) is 14.2 Å². The summed E-state index contributed by atoms with van der Waals surface area (Å²) in [5, 5.41) is 0.467. The molecule has 0 aliphatic carbocycles. The van der Waals surface area contributed by atoms with E-state index in [4.69, 9.17) is 9.72 Å². The van der Waals surface area contributed by atoms with E-state index in [0.717, 1.165) is 0 Å². The zero-order valence-electron chi connectivity index (χ0n) is 18.7. The molecular formula is C26H24FN3O3. The second-order valence-corrected chi connectivity index (χ2v) is 7.65. The summed E-state index contributed by atoms with van der Waals surface area (Å²) in [6, 6.07) is 19.2. The van der Waals surface area contributed by atoms with Gasteiger partial charge in [-0.15, -0.1) is 0 Å². The van der Waals surface area contributed by atoms with Crippen LogP contribution < -0.4 is 10.3 Å². The third kappa shape index (κ3) is 4.09. The quantitative estimate of drug-likeness (QED) is 0.429. The minimum Gasteiger partial charge on any atom is -0.495 e. The van der Waals surface area contributed by atoms with E-state index in [-0.39, 0.29) is 11.5 Å². The molecule has 1 amide bonds. The van der Waals surface area contributed by atoms with Crippen molar-refractivity contribution in [2.24, 2.45) is 0 Å². The molecule has 0 aliphatic rings. The van der Waals surface area contributed by atoms with Crippen molar-refractivity contribution in [2.45, 2.75) is 19.4 Å². The Bertz CT molecular complexity index is 1370. The molecule has 0 saturated carbocycles. The lowest BCUT2D eigenvalue weighted by molar-refractivity contribution is 0.0717. The van der Waals surface area contributed by atoms with Gasteiger partial charge in [0.2, 0.25) is 0 Å². The number of hydrogen-bond donors (Lipinski definition) is 0. The molecule has 0 fully saturated rings. The zero-order valence-corrected chi connectivity index (χ0v) is 18.7. The van der Waals surface area contributed by atoms with E-state index in [2.05, 4.69) is 0 Å². The SMILES string of the molecule is CCC(c1nc2ccccc2c(=O)n1-c1ccccc1OC)N(C)C(=O)c1ccc(F)cc1. The molecule has 4 aromatic rings. The molecule has 1 unspecified atom stereocenters. The molecule has 0 spiro atoms. The number of aromatic nitrogens is 2. The largest absolute Gasteiger partial charge is 0.495 e. The van der Waals surface area contributed by atoms with E-state index in [1.54, 1.807) is 44.5 Å². The van der Waals surface area contributed by atoms with Gasteiger partial charge in [-0.05, 0) is 55.0 Å². The minimum atomic E-state index is -0.523. The third-order valence-electron chi connectivity index (χ3n) is 5.69. The molecule has 1 atom stereocenters. The fraction of sp³-hybridized carbons (Fsp3) is 0.192. The molecule has 0 bridgehead atoms. The van der Waals surface area contributed by atoms with E-state index in [0.29, 0.717) is 40.1 Å². The highest BCUT2D eigenvalue weighted by atomic mass is 19.1. The van der Waals surface area contributed by atoms with Gasteiger partial charge >= 0.3 is 0 Å². The molecule has 168 valence electrons. The Morgan fingerprint density at radius 1 is 1.06 bits per heavy atom. The standard InChI is InChI=1S/C26H24FN3O3/c1-4-21(29(2)25(31)17-13-15-18(27)16-14-17)24-28-20-10-6-5-9-19(20)26(32)30(24)22-11-7-8-12-23(22)33-3/h5-16,21H,4H2,1-3H3. The molecule has 33 heavy (non-hydrogen) atoms. The zero-order chi connectivity index (χ0) is 23.5. The van der Waals surface area contributed by atoms with Gasteiger partial charge in [0, 0.05) is 12.6 Å². The number of ether oxygens (including phenoxy) is 1. The summed E-state index contributed by atoms with van der Waals surface area (Å²) in [6.45, 7) is 1.92. The van der Waals surface area contributed by atoms with Crippen molar-refractivity contribution in [3.63, 3.8) is 0 Å². The number of carbonyl (C=O) groups is 1. The number of nitrogens with zero attached hydrogens (tertiary/aromatic N) is 3. The van der Waals surface area contributed by atoms with Crippen LogP contribution in [0.15, 0.2) is 77.6 Å². The van der Waals surface area contributed by atoms with Crippen LogP contribution in [0.2, 0.25) is 0 Å². The van der Waals surface area contributed by atoms with Crippen molar-refractivity contribution in [3.05, 3.63) is 100 Å². The van der Waals surface area contributed by atoms with Crippen LogP contribution in [0.4, 0.5) is 4.39 Å². The van der Waals surface area contributed by atoms with Gasteiger partial charge in [-0.1, -0.05) is 31.2 Å². The first-order chi connectivity index (χ1) is 16.0. The molecular weight excluding hydrogens is 421 g/mol. The van der Waals surface area contributed by atoms with Gasteiger partial charge in [-0.2, -0.15) is 0 Å². The molecule has 0 radical (unpaired) electrons. The predicted octanol–water partition coefficient (Wildman–Crippen LogP) is 4.76. The number of hydrogen-bond acceptors (Lipinski definition) is 4. The number of methoxy groups -OCH3 is 1. The number of carbonyl (C=O) groups excluding carboxylic acids is 1. The molecule has 7 heteroatoms. The van der Waals surface area contributed by atoms with Crippen molar-refractivity contribution in [1.29, 1.82) is 0 Å². The van der Waals surface area contributed by atoms with E-state index >= 15 is 0 Å². The van der Waals surface area contributed by atoms with Crippen LogP contribution in [-0.2, 0) is 0 Å². The van der Waals surface area contributed by atoms with Gasteiger partial charge in [-0.25, -0.2) is 9.37 Å². The van der Waals surface area contributed by atoms with Gasteiger partial charge in [0.15, 0.2) is 0 Å². The van der Waals surface area contributed by atoms with E-state index in [1.807, 2.05) is 25.1 Å². The second kappa shape index (κ2) is 9.24. The summed E-state index contributed by atoms with van der Waals surface area (Å²) in [5.74, 6) is 0.224. The lowest BCUT2D eigenvalue weighted by Gasteiger charge is -2.29. The van der Waals surface area contributed by atoms with Gasteiger partial charge in [0.1, 0.15) is 17.4 Å². The first kappa shape index (κ1) is 22.2. The van der Waals surface area contributed by atoms with Crippen LogP contribution in [0.25, 0.3) is 16.6 Å². The number of rotatable bonds is 6. The lowest BCUT2D eigenvalue weighted by Crippen LogP contribution is -2.36. The van der Waals surface area contributed by atoms with Crippen molar-refractivity contribution < 1.29 is 13.9 Å². The third-order valence-corrected chi connectivity index (χ3v) is 5.69. The predicted molar refractivity (Wildman–Crippen MR) is 125 cm³/mol. The smallest absolute Gasteiger partial charge is 0.266 e. The monoisotopic (exact) mass is 445 g/mol.